The highest BCUT2D eigenvalue weighted by Gasteiger charge is 2.44. The smallest absolute Gasteiger partial charge is 0.275 e. The highest BCUT2D eigenvalue weighted by Crippen LogP contribution is 2.44. The van der Waals surface area contributed by atoms with Gasteiger partial charge in [-0.25, -0.2) is 0 Å². The van der Waals surface area contributed by atoms with Crippen molar-refractivity contribution in [2.24, 2.45) is 5.73 Å². The fourth-order valence-corrected chi connectivity index (χ4v) is 3.83. The van der Waals surface area contributed by atoms with E-state index in [-0.39, 0.29) is 17.0 Å². The molecule has 160 valence electrons. The number of anilines is 1. The Morgan fingerprint density at radius 3 is 2.41 bits per heavy atom. The Morgan fingerprint density at radius 2 is 1.72 bits per heavy atom. The lowest BCUT2D eigenvalue weighted by Gasteiger charge is -2.28. The number of nitrogens with two attached hydrogens (primary N) is 1. The van der Waals surface area contributed by atoms with Crippen molar-refractivity contribution in [2.45, 2.75) is 6.04 Å². The molecular weight excluding hydrogens is 410 g/mol. The number of ether oxygens (including phenoxy) is 1. The summed E-state index contributed by atoms with van der Waals surface area (Å²) in [6, 6.07) is 20.1. The van der Waals surface area contributed by atoms with Gasteiger partial charge < -0.3 is 10.5 Å². The van der Waals surface area contributed by atoms with E-state index < -0.39 is 22.7 Å². The number of nitro groups is 1. The van der Waals surface area contributed by atoms with E-state index in [1.165, 1.54) is 30.2 Å². The molecule has 0 saturated heterocycles. The summed E-state index contributed by atoms with van der Waals surface area (Å²) in [5.74, 6) is -0.604. The molecule has 0 fully saturated rings. The summed E-state index contributed by atoms with van der Waals surface area (Å²) < 4.78 is 5.42. The molecule has 1 amide bonds. The van der Waals surface area contributed by atoms with E-state index >= 15 is 0 Å². The van der Waals surface area contributed by atoms with Crippen LogP contribution in [-0.2, 0) is 4.79 Å². The number of amides is 1. The molecule has 1 atom stereocenters. The Balaban J connectivity index is 1.94. The predicted octanol–water partition coefficient (Wildman–Crippen LogP) is 3.79. The quantitative estimate of drug-likeness (QED) is 0.362. The van der Waals surface area contributed by atoms with Crippen molar-refractivity contribution in [2.75, 3.05) is 12.0 Å². The maximum absolute atomic E-state index is 13.5. The Kier molecular flexibility index (Phi) is 5.43. The summed E-state index contributed by atoms with van der Waals surface area (Å²) in [6.07, 6.45) is 0. The summed E-state index contributed by atoms with van der Waals surface area (Å²) in [6.45, 7) is 0. The number of hydrogen-bond acceptors (Lipinski definition) is 6. The molecule has 0 saturated carbocycles. The monoisotopic (exact) mass is 429 g/mol. The average Bonchev–Trinajstić information content (AvgIpc) is 3.09. The molecule has 3 aromatic rings. The molecule has 4 rings (SSSR count). The van der Waals surface area contributed by atoms with Crippen LogP contribution < -0.4 is 15.4 Å². The molecule has 1 unspecified atom stereocenters. The van der Waals surface area contributed by atoms with E-state index in [1.54, 1.807) is 60.7 Å². The van der Waals surface area contributed by atoms with E-state index in [9.17, 15) is 19.7 Å². The van der Waals surface area contributed by atoms with Crippen molar-refractivity contribution in [3.05, 3.63) is 111 Å². The number of carbonyl (C=O) groups is 2. The lowest BCUT2D eigenvalue weighted by Crippen LogP contribution is -2.32. The van der Waals surface area contributed by atoms with Crippen LogP contribution in [0.3, 0.4) is 0 Å². The molecule has 8 nitrogen and oxygen atoms in total. The van der Waals surface area contributed by atoms with Crippen LogP contribution >= 0.6 is 0 Å². The summed E-state index contributed by atoms with van der Waals surface area (Å²) in [4.78, 5) is 39.0. The first kappa shape index (κ1) is 20.8. The number of nitrogens with zero attached hydrogens (tertiary/aromatic N) is 2. The summed E-state index contributed by atoms with van der Waals surface area (Å²) >= 11 is 0. The van der Waals surface area contributed by atoms with Crippen LogP contribution in [0.2, 0.25) is 0 Å². The predicted molar refractivity (Wildman–Crippen MR) is 118 cm³/mol. The molecule has 8 heteroatoms. The first-order valence-corrected chi connectivity index (χ1v) is 9.74. The van der Waals surface area contributed by atoms with Crippen molar-refractivity contribution in [3.63, 3.8) is 0 Å². The zero-order valence-electron chi connectivity index (χ0n) is 17.1. The standard InChI is InChI=1S/C24H19N3O5/c1-32-19-13-6-5-12-18(19)26-22(16-10-7-11-17(14-16)27(30)31)20(21(25)24(26)29)23(28)15-8-3-2-4-9-15/h2-14,22H,25H2,1H3. The second-order valence-corrected chi connectivity index (χ2v) is 7.12. The average molecular weight is 429 g/mol. The summed E-state index contributed by atoms with van der Waals surface area (Å²) in [5, 5.41) is 11.4. The van der Waals surface area contributed by atoms with Gasteiger partial charge in [0.25, 0.3) is 11.6 Å². The zero-order valence-corrected chi connectivity index (χ0v) is 17.1. The Morgan fingerprint density at radius 1 is 1.03 bits per heavy atom. The van der Waals surface area contributed by atoms with Crippen LogP contribution in [0.25, 0.3) is 0 Å². The van der Waals surface area contributed by atoms with Crippen molar-refractivity contribution >= 4 is 23.1 Å². The highest BCUT2D eigenvalue weighted by atomic mass is 16.6. The van der Waals surface area contributed by atoms with E-state index in [0.717, 1.165) is 0 Å². The lowest BCUT2D eigenvalue weighted by atomic mass is 9.92. The fourth-order valence-electron chi connectivity index (χ4n) is 3.83. The molecule has 1 aliphatic heterocycles. The van der Waals surface area contributed by atoms with Crippen LogP contribution in [0, 0.1) is 10.1 Å². The second kappa shape index (κ2) is 8.35. The van der Waals surface area contributed by atoms with Gasteiger partial charge in [0.05, 0.1) is 29.3 Å². The van der Waals surface area contributed by atoms with Crippen LogP contribution in [0.1, 0.15) is 22.0 Å². The second-order valence-electron chi connectivity index (χ2n) is 7.12. The van der Waals surface area contributed by atoms with Gasteiger partial charge in [0.1, 0.15) is 11.4 Å². The lowest BCUT2D eigenvalue weighted by molar-refractivity contribution is -0.384. The molecule has 3 aromatic carbocycles. The minimum atomic E-state index is -0.966. The number of hydrogen-bond donors (Lipinski definition) is 1. The Labute approximate surface area is 183 Å². The highest BCUT2D eigenvalue weighted by molar-refractivity contribution is 6.21. The van der Waals surface area contributed by atoms with Crippen LogP contribution in [0.15, 0.2) is 90.1 Å². The number of methoxy groups -OCH3 is 1. The summed E-state index contributed by atoms with van der Waals surface area (Å²) in [7, 11) is 1.47. The van der Waals surface area contributed by atoms with Gasteiger partial charge in [0.2, 0.25) is 0 Å². The van der Waals surface area contributed by atoms with Crippen LogP contribution in [0.4, 0.5) is 11.4 Å². The van der Waals surface area contributed by atoms with Gasteiger partial charge in [-0.05, 0) is 17.7 Å². The number of carbonyl (C=O) groups excluding carboxylic acids is 2. The van der Waals surface area contributed by atoms with Crippen LogP contribution in [0.5, 0.6) is 5.75 Å². The van der Waals surface area contributed by atoms with E-state index in [1.807, 2.05) is 0 Å². The van der Waals surface area contributed by atoms with Crippen molar-refractivity contribution < 1.29 is 19.2 Å². The normalized spacial score (nSPS) is 15.7. The molecular formula is C24H19N3O5. The minimum Gasteiger partial charge on any atom is -0.495 e. The molecule has 0 aliphatic carbocycles. The maximum atomic E-state index is 13.5. The number of para-hydroxylation sites is 2. The Bertz CT molecular complexity index is 1250. The van der Waals surface area contributed by atoms with Gasteiger partial charge in [-0.1, -0.05) is 54.6 Å². The number of benzene rings is 3. The number of ketones is 1. The number of nitro benzene ring substituents is 1. The van der Waals surface area contributed by atoms with Crippen molar-refractivity contribution in [1.29, 1.82) is 0 Å². The molecule has 0 radical (unpaired) electrons. The molecule has 1 aliphatic rings. The fraction of sp³-hybridized carbons (Fsp3) is 0.0833. The molecule has 0 bridgehead atoms. The Hall–Kier alpha value is -4.46. The summed E-state index contributed by atoms with van der Waals surface area (Å²) in [5.41, 5.74) is 7.04. The van der Waals surface area contributed by atoms with Gasteiger partial charge in [0, 0.05) is 17.7 Å². The van der Waals surface area contributed by atoms with Gasteiger partial charge in [-0.15, -0.1) is 0 Å². The van der Waals surface area contributed by atoms with Gasteiger partial charge in [-0.2, -0.15) is 0 Å². The third-order valence-corrected chi connectivity index (χ3v) is 5.29. The van der Waals surface area contributed by atoms with Crippen molar-refractivity contribution in [1.82, 2.24) is 0 Å². The van der Waals surface area contributed by atoms with E-state index in [2.05, 4.69) is 0 Å². The number of rotatable bonds is 6. The van der Waals surface area contributed by atoms with Gasteiger partial charge >= 0.3 is 0 Å². The number of Topliss-reactive ketones (excluding diaryl/α,β-unsaturated/α-hetero) is 1. The first-order chi connectivity index (χ1) is 15.4. The number of non-ortho nitro benzene ring substituents is 1. The minimum absolute atomic E-state index is 0.0626. The molecule has 0 aromatic heterocycles. The van der Waals surface area contributed by atoms with Crippen LogP contribution in [-0.4, -0.2) is 23.7 Å². The van der Waals surface area contributed by atoms with Gasteiger partial charge in [0.15, 0.2) is 5.78 Å². The molecule has 32 heavy (non-hydrogen) atoms. The molecule has 1 heterocycles. The molecule has 2 N–H and O–H groups in total. The largest absolute Gasteiger partial charge is 0.495 e. The topological polar surface area (TPSA) is 116 Å². The molecule has 0 spiro atoms. The SMILES string of the molecule is COc1ccccc1N1C(=O)C(N)=C(C(=O)c2ccccc2)C1c1cccc([N+](=O)[O-])c1. The third-order valence-electron chi connectivity index (χ3n) is 5.29. The van der Waals surface area contributed by atoms with E-state index in [0.29, 0.717) is 22.6 Å². The van der Waals surface area contributed by atoms with Crippen molar-refractivity contribution in [3.8, 4) is 5.75 Å². The maximum Gasteiger partial charge on any atom is 0.275 e. The van der Waals surface area contributed by atoms with E-state index in [4.69, 9.17) is 10.5 Å². The first-order valence-electron chi connectivity index (χ1n) is 9.74. The third kappa shape index (κ3) is 3.47. The zero-order chi connectivity index (χ0) is 22.8. The van der Waals surface area contributed by atoms with Gasteiger partial charge in [-0.3, -0.25) is 24.6 Å².